The summed E-state index contributed by atoms with van der Waals surface area (Å²) in [7, 11) is 0. The third kappa shape index (κ3) is 17.8. The largest absolute Gasteiger partial charge is 0.289 e. The molecule has 0 unspecified atom stereocenters. The molecule has 7 aromatic heterocycles. The molecule has 0 aliphatic carbocycles. The minimum Gasteiger partial charge on any atom is -0.289 e. The van der Waals surface area contributed by atoms with Crippen LogP contribution in [0.1, 0.15) is 106 Å². The van der Waals surface area contributed by atoms with E-state index in [0.29, 0.717) is 32.7 Å². The SMILES string of the molecule is CC(C)c1ccc2sc3ccccc3c(=O)c2c1.CC(C)c1cccc2c(=O)c3ccccc3sc12.CCc1cc(CC)c2sc3ccccc3c(=O)c2c1.CCc1ccc(Cl)c2c(=O)c3ccccc3sc12.CCc1ccc(Cl)c2c(=O)c3ccccc3sc12.Cc1ccc2sc3ccccc3c(=O)c2c1.O=c1c2ccccc2sc2ccccc12. The van der Waals surface area contributed by atoms with Crippen LogP contribution >= 0.6 is 103 Å². The van der Waals surface area contributed by atoms with Crippen LogP contribution in [0.15, 0.2) is 319 Å². The van der Waals surface area contributed by atoms with Gasteiger partial charge in [-0.3, -0.25) is 33.6 Å². The lowest BCUT2D eigenvalue weighted by Crippen LogP contribution is -2.03. The highest BCUT2D eigenvalue weighted by molar-refractivity contribution is 7.27. The summed E-state index contributed by atoms with van der Waals surface area (Å²) in [5.74, 6) is 0.885. The van der Waals surface area contributed by atoms with Crippen molar-refractivity contribution in [1.82, 2.24) is 0 Å². The Bertz CT molecular complexity index is 7870. The van der Waals surface area contributed by atoms with Crippen molar-refractivity contribution >= 4 is 244 Å². The number of rotatable bonds is 6. The van der Waals surface area contributed by atoms with Crippen molar-refractivity contribution in [2.24, 2.45) is 0 Å². The van der Waals surface area contributed by atoms with Crippen LogP contribution in [0.5, 0.6) is 0 Å². The second-order valence-electron chi connectivity index (χ2n) is 30.1. The van der Waals surface area contributed by atoms with Crippen LogP contribution < -0.4 is 38.0 Å². The van der Waals surface area contributed by atoms with E-state index in [-0.39, 0.29) is 38.0 Å². The van der Waals surface area contributed by atoms with Crippen LogP contribution in [-0.2, 0) is 25.7 Å². The minimum atomic E-state index is 0.0413. The second-order valence-corrected chi connectivity index (χ2v) is 38.4. The lowest BCUT2D eigenvalue weighted by molar-refractivity contribution is 0.869. The van der Waals surface area contributed by atoms with E-state index in [2.05, 4.69) is 85.7 Å². The summed E-state index contributed by atoms with van der Waals surface area (Å²) < 4.78 is 14.9. The molecule has 16 heteroatoms. The number of fused-ring (bicyclic) bond motifs is 14. The summed E-state index contributed by atoms with van der Waals surface area (Å²) in [6.07, 6.45) is 3.75. The fraction of sp³-hybridized carbons (Fsp3) is 0.142. The van der Waals surface area contributed by atoms with Crippen molar-refractivity contribution in [2.75, 3.05) is 0 Å². The van der Waals surface area contributed by atoms with E-state index < -0.39 is 0 Å². The van der Waals surface area contributed by atoms with E-state index in [1.165, 1.54) is 33.4 Å². The van der Waals surface area contributed by atoms with Gasteiger partial charge in [-0.2, -0.15) is 0 Å². The zero-order chi connectivity index (χ0) is 85.6. The normalized spacial score (nSPS) is 11.3. The maximum atomic E-state index is 12.6. The lowest BCUT2D eigenvalue weighted by Gasteiger charge is -2.09. The van der Waals surface area contributed by atoms with Gasteiger partial charge in [0.1, 0.15) is 0 Å². The van der Waals surface area contributed by atoms with Crippen LogP contribution in [-0.4, -0.2) is 0 Å². The van der Waals surface area contributed by atoms with Gasteiger partial charge in [-0.05, 0) is 223 Å². The molecule has 0 atom stereocenters. The van der Waals surface area contributed by atoms with Gasteiger partial charge in [0.05, 0.1) is 20.8 Å². The summed E-state index contributed by atoms with van der Waals surface area (Å²) in [5, 5.41) is 12.3. The quantitative estimate of drug-likeness (QED) is 0.152. The molecule has 7 heterocycles. The zero-order valence-electron chi connectivity index (χ0n) is 68.6. The minimum absolute atomic E-state index is 0.0413. The number of hydrogen-bond donors (Lipinski definition) is 0. The van der Waals surface area contributed by atoms with Crippen molar-refractivity contribution in [3.8, 4) is 0 Å². The Morgan fingerprint density at radius 1 is 0.246 bits per heavy atom. The molecular weight excluding hydrogens is 1680 g/mol. The van der Waals surface area contributed by atoms with Gasteiger partial charge in [-0.15, -0.1) is 79.4 Å². The number of hydrogen-bond acceptors (Lipinski definition) is 14. The van der Waals surface area contributed by atoms with Gasteiger partial charge in [-0.25, -0.2) is 0 Å². The van der Waals surface area contributed by atoms with Gasteiger partial charge in [0.2, 0.25) is 0 Å². The van der Waals surface area contributed by atoms with Crippen LogP contribution in [0.3, 0.4) is 0 Å². The van der Waals surface area contributed by atoms with Gasteiger partial charge in [0, 0.05) is 130 Å². The maximum absolute atomic E-state index is 12.6. The molecule has 0 N–H and O–H groups in total. The van der Waals surface area contributed by atoms with Gasteiger partial charge >= 0.3 is 0 Å². The van der Waals surface area contributed by atoms with E-state index >= 15 is 0 Å². The Morgan fingerprint density at radius 3 is 0.934 bits per heavy atom. The van der Waals surface area contributed by atoms with E-state index in [4.69, 9.17) is 23.2 Å². The summed E-state index contributed by atoms with van der Waals surface area (Å²) in [5.41, 5.74) is 9.38. The summed E-state index contributed by atoms with van der Waals surface area (Å²) in [6.45, 7) is 19.1. The van der Waals surface area contributed by atoms with E-state index in [9.17, 15) is 33.6 Å². The summed E-state index contributed by atoms with van der Waals surface area (Å²) >= 11 is 24.2. The molecule has 7 nitrogen and oxygen atoms in total. The molecule has 21 aromatic rings. The predicted molar refractivity (Wildman–Crippen MR) is 540 cm³/mol. The Morgan fingerprint density at radius 2 is 0.557 bits per heavy atom. The van der Waals surface area contributed by atoms with E-state index in [1.54, 1.807) is 79.4 Å². The first-order valence-electron chi connectivity index (χ1n) is 40.6. The third-order valence-corrected chi connectivity index (χ3v) is 30.7. The third-order valence-electron chi connectivity index (χ3n) is 21.6. The Balaban J connectivity index is 0.000000111. The summed E-state index contributed by atoms with van der Waals surface area (Å²) in [6, 6.07) is 92.6. The molecule has 0 bridgehead atoms. The smallest absolute Gasteiger partial charge is 0.197 e. The molecule has 21 rings (SSSR count). The molecule has 14 aromatic carbocycles. The molecule has 0 spiro atoms. The van der Waals surface area contributed by atoms with Crippen LogP contribution in [0.4, 0.5) is 0 Å². The van der Waals surface area contributed by atoms with Crippen molar-refractivity contribution in [3.63, 3.8) is 0 Å². The number of aryl methyl sites for hydroxylation is 5. The Labute approximate surface area is 742 Å². The Kier molecular flexibility index (Phi) is 26.8. The molecule has 0 aliphatic rings. The standard InChI is InChI=1S/C17H16OS.2C16H14OS.2C15H11ClOS.C14H10OS.C13H8OS/c1-3-11-9-12(4-2)17-14(10-11)16(18)13-7-5-6-8-15(13)19-17;1-10(2)11-7-5-8-13-15(17)12-6-3-4-9-14(12)18-16(11)13;1-10(2)11-7-8-15-13(9-11)16(17)12-5-3-4-6-14(12)18-15;2*1-2-9-7-8-11(16)13-14(17)10-5-3-4-6-12(10)18-15(9)13;1-9-6-7-13-11(8-9)14(15)10-4-2-3-5-12(10)16-13;14-13-9-5-1-3-7-11(9)15-12-8-4-2-6-10(12)13/h5-10H,3-4H2,1-2H3;2*3-10H,1-2H3;2*3-8H,2H2,1H3;2-8H,1H3;1-8H. The van der Waals surface area contributed by atoms with E-state index in [1.807, 2.05) is 262 Å². The lowest BCUT2D eigenvalue weighted by atomic mass is 10.0. The monoisotopic (exact) mass is 1760 g/mol. The molecule has 606 valence electrons. The molecule has 0 saturated carbocycles. The first-order chi connectivity index (χ1) is 59.1. The topological polar surface area (TPSA) is 119 Å². The van der Waals surface area contributed by atoms with Gasteiger partial charge in [-0.1, -0.05) is 224 Å². The van der Waals surface area contributed by atoms with Crippen molar-refractivity contribution in [1.29, 1.82) is 0 Å². The molecule has 0 amide bonds. The predicted octanol–water partition coefficient (Wildman–Crippen LogP) is 30.0. The molecule has 0 saturated heterocycles. The summed E-state index contributed by atoms with van der Waals surface area (Å²) in [4.78, 5) is 86.9. The van der Waals surface area contributed by atoms with Gasteiger partial charge in [0.25, 0.3) is 0 Å². The Hall–Kier alpha value is -11.1. The fourth-order valence-corrected chi connectivity index (χ4v) is 24.0. The maximum Gasteiger partial charge on any atom is 0.197 e. The average Bonchev–Trinajstić information content (AvgIpc) is 0.775. The van der Waals surface area contributed by atoms with Crippen molar-refractivity contribution in [2.45, 2.75) is 99.8 Å². The van der Waals surface area contributed by atoms with Crippen LogP contribution in [0.2, 0.25) is 10.0 Å². The molecule has 122 heavy (non-hydrogen) atoms. The highest BCUT2D eigenvalue weighted by atomic mass is 35.5. The second kappa shape index (κ2) is 38.1. The highest BCUT2D eigenvalue weighted by Gasteiger charge is 2.18. The van der Waals surface area contributed by atoms with Gasteiger partial charge in [0.15, 0.2) is 38.0 Å². The van der Waals surface area contributed by atoms with Crippen molar-refractivity contribution in [3.05, 3.63) is 406 Å². The number of benzene rings is 14. The van der Waals surface area contributed by atoms with Gasteiger partial charge < -0.3 is 0 Å². The number of halogens is 2. The molecule has 0 aliphatic heterocycles. The fourth-order valence-electron chi connectivity index (χ4n) is 15.0. The van der Waals surface area contributed by atoms with Crippen LogP contribution in [0, 0.1) is 6.92 Å². The average molecular weight is 1770 g/mol. The zero-order valence-corrected chi connectivity index (χ0v) is 75.8. The molecular formula is C106H84Cl2O7S7. The highest BCUT2D eigenvalue weighted by Crippen LogP contribution is 2.37. The first kappa shape index (κ1) is 85.9. The first-order valence-corrected chi connectivity index (χ1v) is 47.1. The van der Waals surface area contributed by atoms with Crippen molar-refractivity contribution < 1.29 is 0 Å². The van der Waals surface area contributed by atoms with E-state index in [0.717, 1.165) is 162 Å². The molecule has 0 radical (unpaired) electrons. The van der Waals surface area contributed by atoms with Crippen LogP contribution in [0.25, 0.3) is 141 Å². The molecule has 0 fully saturated rings.